The van der Waals surface area contributed by atoms with Gasteiger partial charge < -0.3 is 11.1 Å². The van der Waals surface area contributed by atoms with Gasteiger partial charge in [0, 0.05) is 23.1 Å². The highest BCUT2D eigenvalue weighted by atomic mass is 32.2. The molecule has 2 rings (SSSR count). The zero-order valence-corrected chi connectivity index (χ0v) is 14.2. The fourth-order valence-electron chi connectivity index (χ4n) is 1.83. The molecule has 0 unspecified atom stereocenters. The van der Waals surface area contributed by atoms with Crippen LogP contribution in [0, 0.1) is 0 Å². The molecule has 23 heavy (non-hydrogen) atoms. The van der Waals surface area contributed by atoms with Gasteiger partial charge in [-0.1, -0.05) is 12.1 Å². The number of rotatable bonds is 7. The summed E-state index contributed by atoms with van der Waals surface area (Å²) in [5, 5.41) is 5.09. The first kappa shape index (κ1) is 17.4. The molecule has 0 radical (unpaired) electrons. The Morgan fingerprint density at radius 1 is 1.30 bits per heavy atom. The first-order valence-electron chi connectivity index (χ1n) is 6.91. The summed E-state index contributed by atoms with van der Waals surface area (Å²) in [6, 6.07) is 6.86. The third kappa shape index (κ3) is 5.62. The fraction of sp³-hybridized carbons (Fsp3) is 0.286. The first-order valence-corrected chi connectivity index (χ1v) is 9.68. The van der Waals surface area contributed by atoms with Gasteiger partial charge in [-0.2, -0.15) is 0 Å². The van der Waals surface area contributed by atoms with E-state index in [0.717, 1.165) is 17.5 Å². The number of aromatic nitrogens is 1. The maximum atomic E-state index is 11.6. The standard InChI is InChI=1S/C14H18N4O3S2/c1-23(20,21)18-11-6-4-10(5-7-11)12-9-22-14(16-12)17-13(19)3-2-8-15/h4-7,9,18H,2-3,8,15H2,1H3,(H,16,17,19). The molecule has 1 aromatic heterocycles. The van der Waals surface area contributed by atoms with Gasteiger partial charge in [0.2, 0.25) is 15.9 Å². The summed E-state index contributed by atoms with van der Waals surface area (Å²) in [6.07, 6.45) is 2.11. The second kappa shape index (κ2) is 7.53. The monoisotopic (exact) mass is 354 g/mol. The van der Waals surface area contributed by atoms with Crippen LogP contribution in [0.1, 0.15) is 12.8 Å². The maximum absolute atomic E-state index is 11.6. The van der Waals surface area contributed by atoms with E-state index in [2.05, 4.69) is 15.0 Å². The number of benzene rings is 1. The number of anilines is 2. The van der Waals surface area contributed by atoms with Crippen molar-refractivity contribution >= 4 is 38.1 Å². The maximum Gasteiger partial charge on any atom is 0.229 e. The normalized spacial score (nSPS) is 11.2. The fourth-order valence-corrected chi connectivity index (χ4v) is 3.13. The highest BCUT2D eigenvalue weighted by Crippen LogP contribution is 2.26. The van der Waals surface area contributed by atoms with Crippen LogP contribution in [0.25, 0.3) is 11.3 Å². The molecule has 7 nitrogen and oxygen atoms in total. The number of carbonyl (C=O) groups excluding carboxylic acids is 1. The molecule has 0 aliphatic carbocycles. The largest absolute Gasteiger partial charge is 0.330 e. The van der Waals surface area contributed by atoms with E-state index < -0.39 is 10.0 Å². The minimum absolute atomic E-state index is 0.107. The van der Waals surface area contributed by atoms with Gasteiger partial charge in [-0.15, -0.1) is 11.3 Å². The van der Waals surface area contributed by atoms with Crippen molar-refractivity contribution in [2.24, 2.45) is 5.73 Å². The third-order valence-electron chi connectivity index (χ3n) is 2.84. The van der Waals surface area contributed by atoms with Gasteiger partial charge in [0.1, 0.15) is 0 Å². The van der Waals surface area contributed by atoms with Crippen molar-refractivity contribution in [2.75, 3.05) is 22.8 Å². The van der Waals surface area contributed by atoms with Gasteiger partial charge in [-0.05, 0) is 25.1 Å². The summed E-state index contributed by atoms with van der Waals surface area (Å²) in [5.74, 6) is -0.107. The Morgan fingerprint density at radius 2 is 2.00 bits per heavy atom. The van der Waals surface area contributed by atoms with Crippen LogP contribution in [0.5, 0.6) is 0 Å². The van der Waals surface area contributed by atoms with Gasteiger partial charge >= 0.3 is 0 Å². The quantitative estimate of drug-likeness (QED) is 0.702. The van der Waals surface area contributed by atoms with Crippen LogP contribution in [-0.4, -0.2) is 32.1 Å². The molecule has 4 N–H and O–H groups in total. The number of carbonyl (C=O) groups is 1. The molecule has 0 spiro atoms. The summed E-state index contributed by atoms with van der Waals surface area (Å²) in [5.41, 5.74) is 7.41. The number of nitrogens with one attached hydrogen (secondary N) is 2. The highest BCUT2D eigenvalue weighted by molar-refractivity contribution is 7.92. The Morgan fingerprint density at radius 3 is 2.61 bits per heavy atom. The average Bonchev–Trinajstić information content (AvgIpc) is 2.92. The Balaban J connectivity index is 2.04. The number of amides is 1. The van der Waals surface area contributed by atoms with Gasteiger partial charge in [0.25, 0.3) is 0 Å². The molecule has 2 aromatic rings. The van der Waals surface area contributed by atoms with Crippen molar-refractivity contribution in [1.29, 1.82) is 0 Å². The number of sulfonamides is 1. The number of hydrogen-bond acceptors (Lipinski definition) is 6. The molecule has 0 saturated heterocycles. The van der Waals surface area contributed by atoms with E-state index in [0.29, 0.717) is 30.2 Å². The van der Waals surface area contributed by atoms with Crippen molar-refractivity contribution in [3.05, 3.63) is 29.6 Å². The summed E-state index contributed by atoms with van der Waals surface area (Å²) < 4.78 is 24.7. The lowest BCUT2D eigenvalue weighted by Gasteiger charge is -2.04. The van der Waals surface area contributed by atoms with Gasteiger partial charge in [-0.25, -0.2) is 13.4 Å². The Bertz CT molecular complexity index is 770. The number of hydrogen-bond donors (Lipinski definition) is 3. The molecule has 124 valence electrons. The molecular formula is C14H18N4O3S2. The summed E-state index contributed by atoms with van der Waals surface area (Å²) in [7, 11) is -3.29. The van der Waals surface area contributed by atoms with Crippen LogP contribution in [-0.2, 0) is 14.8 Å². The van der Waals surface area contributed by atoms with Gasteiger partial charge in [0.15, 0.2) is 5.13 Å². The predicted molar refractivity (Wildman–Crippen MR) is 92.9 cm³/mol. The second-order valence-corrected chi connectivity index (χ2v) is 7.54. The highest BCUT2D eigenvalue weighted by Gasteiger charge is 2.08. The molecule has 0 saturated carbocycles. The third-order valence-corrected chi connectivity index (χ3v) is 4.21. The molecule has 1 aromatic carbocycles. The number of thiazole rings is 1. The van der Waals surface area contributed by atoms with Crippen LogP contribution in [0.4, 0.5) is 10.8 Å². The summed E-state index contributed by atoms with van der Waals surface area (Å²) in [6.45, 7) is 0.477. The predicted octanol–water partition coefficient (Wildman–Crippen LogP) is 1.86. The lowest BCUT2D eigenvalue weighted by molar-refractivity contribution is -0.116. The van der Waals surface area contributed by atoms with Crippen LogP contribution < -0.4 is 15.8 Å². The van der Waals surface area contributed by atoms with Gasteiger partial charge in [-0.3, -0.25) is 9.52 Å². The molecule has 9 heteroatoms. The molecule has 0 aliphatic rings. The topological polar surface area (TPSA) is 114 Å². The summed E-state index contributed by atoms with van der Waals surface area (Å²) >= 11 is 1.33. The number of nitrogens with zero attached hydrogens (tertiary/aromatic N) is 1. The van der Waals surface area contributed by atoms with Gasteiger partial charge in [0.05, 0.1) is 11.9 Å². The van der Waals surface area contributed by atoms with E-state index >= 15 is 0 Å². The van der Waals surface area contributed by atoms with Crippen LogP contribution >= 0.6 is 11.3 Å². The van der Waals surface area contributed by atoms with Crippen LogP contribution in [0.3, 0.4) is 0 Å². The summed E-state index contributed by atoms with van der Waals surface area (Å²) in [4.78, 5) is 16.0. The average molecular weight is 354 g/mol. The molecular weight excluding hydrogens is 336 g/mol. The zero-order valence-electron chi connectivity index (χ0n) is 12.6. The van der Waals surface area contributed by atoms with E-state index in [9.17, 15) is 13.2 Å². The van der Waals surface area contributed by atoms with Crippen molar-refractivity contribution in [2.45, 2.75) is 12.8 Å². The van der Waals surface area contributed by atoms with Crippen LogP contribution in [0.2, 0.25) is 0 Å². The van der Waals surface area contributed by atoms with Crippen LogP contribution in [0.15, 0.2) is 29.6 Å². The molecule has 0 fully saturated rings. The minimum Gasteiger partial charge on any atom is -0.330 e. The zero-order chi connectivity index (χ0) is 16.9. The molecule has 1 heterocycles. The van der Waals surface area contributed by atoms with E-state index in [4.69, 9.17) is 5.73 Å². The van der Waals surface area contributed by atoms with Crippen molar-refractivity contribution in [3.63, 3.8) is 0 Å². The SMILES string of the molecule is CS(=O)(=O)Nc1ccc(-c2csc(NC(=O)CCCN)n2)cc1. The molecule has 0 aliphatic heterocycles. The van der Waals surface area contributed by atoms with Crippen molar-refractivity contribution in [3.8, 4) is 11.3 Å². The van der Waals surface area contributed by atoms with E-state index in [1.807, 2.05) is 5.38 Å². The van der Waals surface area contributed by atoms with Crippen molar-refractivity contribution in [1.82, 2.24) is 4.98 Å². The lowest BCUT2D eigenvalue weighted by atomic mass is 10.1. The molecule has 1 amide bonds. The van der Waals surface area contributed by atoms with Crippen molar-refractivity contribution < 1.29 is 13.2 Å². The van der Waals surface area contributed by atoms with E-state index in [-0.39, 0.29) is 5.91 Å². The molecule has 0 atom stereocenters. The molecule has 0 bridgehead atoms. The minimum atomic E-state index is -3.29. The van der Waals surface area contributed by atoms with E-state index in [1.54, 1.807) is 24.3 Å². The Kier molecular flexibility index (Phi) is 5.69. The second-order valence-electron chi connectivity index (χ2n) is 4.93. The van der Waals surface area contributed by atoms with E-state index in [1.165, 1.54) is 11.3 Å². The first-order chi connectivity index (χ1) is 10.9. The number of nitrogens with two attached hydrogens (primary N) is 1. The Labute approximate surface area is 139 Å². The smallest absolute Gasteiger partial charge is 0.229 e. The lowest BCUT2D eigenvalue weighted by Crippen LogP contribution is -2.13. The Hall–Kier alpha value is -1.97.